The maximum Gasteiger partial charge on any atom is 0.338 e. The molecule has 2 atom stereocenters. The highest BCUT2D eigenvalue weighted by Crippen LogP contribution is 2.29. The van der Waals surface area contributed by atoms with Gasteiger partial charge in [0.25, 0.3) is 0 Å². The Morgan fingerprint density at radius 1 is 1.17 bits per heavy atom. The van der Waals surface area contributed by atoms with Gasteiger partial charge in [-0.05, 0) is 19.3 Å². The molecule has 5 heteroatoms. The molecule has 2 rings (SSSR count). The second-order valence-corrected chi connectivity index (χ2v) is 5.41. The first kappa shape index (κ1) is 13.3. The molecule has 4 nitrogen and oxygen atoms in total. The Kier molecular flexibility index (Phi) is 4.19. The van der Waals surface area contributed by atoms with Crippen molar-refractivity contribution in [2.75, 3.05) is 13.1 Å². The van der Waals surface area contributed by atoms with E-state index < -0.39 is 18.1 Å². The van der Waals surface area contributed by atoms with Gasteiger partial charge in [-0.15, -0.1) is 0 Å². The average Bonchev–Trinajstić information content (AvgIpc) is 2.87. The molecular formula is C13H20FNO3. The molecule has 1 amide bonds. The van der Waals surface area contributed by atoms with Crippen LogP contribution in [0.15, 0.2) is 0 Å². The fourth-order valence-electron chi connectivity index (χ4n) is 3.04. The summed E-state index contributed by atoms with van der Waals surface area (Å²) in [5.74, 6) is -1.75. The normalized spacial score (nSPS) is 27.2. The second-order valence-electron chi connectivity index (χ2n) is 5.41. The summed E-state index contributed by atoms with van der Waals surface area (Å²) in [6.45, 7) is 0.774. The Hall–Kier alpha value is -1.13. The predicted molar refractivity (Wildman–Crippen MR) is 63.8 cm³/mol. The molecule has 1 aliphatic carbocycles. The van der Waals surface area contributed by atoms with Gasteiger partial charge in [0, 0.05) is 24.9 Å². The molecule has 1 aliphatic heterocycles. The van der Waals surface area contributed by atoms with Gasteiger partial charge >= 0.3 is 5.97 Å². The number of hydrogen-bond acceptors (Lipinski definition) is 2. The molecule has 0 aromatic carbocycles. The summed E-state index contributed by atoms with van der Waals surface area (Å²) < 4.78 is 13.4. The summed E-state index contributed by atoms with van der Waals surface area (Å²) in [6.07, 6.45) is 3.86. The number of amides is 1. The summed E-state index contributed by atoms with van der Waals surface area (Å²) in [7, 11) is 0. The van der Waals surface area contributed by atoms with E-state index in [4.69, 9.17) is 5.11 Å². The summed E-state index contributed by atoms with van der Waals surface area (Å²) in [5, 5.41) is 8.64. The van der Waals surface area contributed by atoms with Gasteiger partial charge in [0.15, 0.2) is 0 Å². The first-order chi connectivity index (χ1) is 8.59. The molecule has 102 valence electrons. The van der Waals surface area contributed by atoms with E-state index in [1.807, 2.05) is 0 Å². The van der Waals surface area contributed by atoms with Crippen molar-refractivity contribution in [1.82, 2.24) is 4.90 Å². The van der Waals surface area contributed by atoms with Crippen LogP contribution in [0.5, 0.6) is 0 Å². The van der Waals surface area contributed by atoms with Crippen molar-refractivity contribution in [3.63, 3.8) is 0 Å². The molecule has 1 N–H and O–H groups in total. The Labute approximate surface area is 106 Å². The zero-order valence-corrected chi connectivity index (χ0v) is 10.5. The van der Waals surface area contributed by atoms with Crippen LogP contribution in [0.4, 0.5) is 4.39 Å². The third-order valence-electron chi connectivity index (χ3n) is 4.14. The third kappa shape index (κ3) is 2.82. The van der Waals surface area contributed by atoms with E-state index in [1.54, 1.807) is 4.90 Å². The average molecular weight is 257 g/mol. The van der Waals surface area contributed by atoms with Crippen LogP contribution in [0, 0.1) is 11.8 Å². The standard InChI is InChI=1S/C13H20FNO3/c14-11(13(17)18)10-6-7-15(8-10)12(16)9-4-2-1-3-5-9/h9-11H,1-8H2,(H,17,18). The van der Waals surface area contributed by atoms with E-state index in [-0.39, 0.29) is 18.4 Å². The number of likely N-dealkylation sites (tertiary alicyclic amines) is 1. The maximum atomic E-state index is 13.4. The lowest BCUT2D eigenvalue weighted by Gasteiger charge is -2.26. The van der Waals surface area contributed by atoms with Crippen molar-refractivity contribution in [1.29, 1.82) is 0 Å². The molecule has 2 unspecified atom stereocenters. The maximum absolute atomic E-state index is 13.4. The number of alkyl halides is 1. The molecule has 18 heavy (non-hydrogen) atoms. The number of hydrogen-bond donors (Lipinski definition) is 1. The number of carbonyl (C=O) groups excluding carboxylic acids is 1. The third-order valence-corrected chi connectivity index (χ3v) is 4.14. The van der Waals surface area contributed by atoms with Crippen LogP contribution in [-0.2, 0) is 9.59 Å². The Bertz CT molecular complexity index is 328. The Morgan fingerprint density at radius 3 is 2.44 bits per heavy atom. The molecule has 0 bridgehead atoms. The van der Waals surface area contributed by atoms with Gasteiger partial charge in [0.2, 0.25) is 12.1 Å². The van der Waals surface area contributed by atoms with Crippen LogP contribution >= 0.6 is 0 Å². The highest BCUT2D eigenvalue weighted by Gasteiger charge is 2.37. The van der Waals surface area contributed by atoms with Gasteiger partial charge in [-0.3, -0.25) is 4.79 Å². The van der Waals surface area contributed by atoms with Crippen molar-refractivity contribution in [3.8, 4) is 0 Å². The minimum Gasteiger partial charge on any atom is -0.479 e. The van der Waals surface area contributed by atoms with Gasteiger partial charge in [-0.1, -0.05) is 19.3 Å². The van der Waals surface area contributed by atoms with Gasteiger partial charge in [-0.25, -0.2) is 9.18 Å². The molecule has 0 aromatic heterocycles. The van der Waals surface area contributed by atoms with E-state index in [1.165, 1.54) is 6.42 Å². The summed E-state index contributed by atoms with van der Waals surface area (Å²) in [5.41, 5.74) is 0. The van der Waals surface area contributed by atoms with Crippen molar-refractivity contribution in [2.24, 2.45) is 11.8 Å². The zero-order valence-electron chi connectivity index (χ0n) is 10.5. The quantitative estimate of drug-likeness (QED) is 0.839. The lowest BCUT2D eigenvalue weighted by molar-refractivity contribution is -0.145. The molecule has 2 fully saturated rings. The SMILES string of the molecule is O=C(O)C(F)C1CCN(C(=O)C2CCCCC2)C1. The van der Waals surface area contributed by atoms with Crippen LogP contribution in [-0.4, -0.2) is 41.1 Å². The van der Waals surface area contributed by atoms with Crippen LogP contribution in [0.2, 0.25) is 0 Å². The topological polar surface area (TPSA) is 57.6 Å². The summed E-state index contributed by atoms with van der Waals surface area (Å²) in [4.78, 5) is 24.4. The van der Waals surface area contributed by atoms with Crippen molar-refractivity contribution < 1.29 is 19.1 Å². The van der Waals surface area contributed by atoms with E-state index >= 15 is 0 Å². The van der Waals surface area contributed by atoms with Crippen LogP contribution < -0.4 is 0 Å². The number of carboxylic acids is 1. The first-order valence-corrected chi connectivity index (χ1v) is 6.75. The van der Waals surface area contributed by atoms with E-state index in [2.05, 4.69) is 0 Å². The number of nitrogens with zero attached hydrogens (tertiary/aromatic N) is 1. The number of carboxylic acid groups (broad SMARTS) is 1. The van der Waals surface area contributed by atoms with Gasteiger partial charge in [-0.2, -0.15) is 0 Å². The minimum absolute atomic E-state index is 0.0837. The van der Waals surface area contributed by atoms with Crippen molar-refractivity contribution in [2.45, 2.75) is 44.7 Å². The summed E-state index contributed by atoms with van der Waals surface area (Å²) in [6, 6.07) is 0. The van der Waals surface area contributed by atoms with E-state index in [9.17, 15) is 14.0 Å². The number of rotatable bonds is 3. The molecule has 1 saturated heterocycles. The van der Waals surface area contributed by atoms with Gasteiger partial charge in [0.1, 0.15) is 0 Å². The second kappa shape index (κ2) is 5.67. The lowest BCUT2D eigenvalue weighted by atomic mass is 9.88. The predicted octanol–water partition coefficient (Wildman–Crippen LogP) is 1.84. The van der Waals surface area contributed by atoms with Crippen molar-refractivity contribution in [3.05, 3.63) is 0 Å². The highest BCUT2D eigenvalue weighted by atomic mass is 19.1. The fourth-order valence-corrected chi connectivity index (χ4v) is 3.04. The smallest absolute Gasteiger partial charge is 0.338 e. The fraction of sp³-hybridized carbons (Fsp3) is 0.846. The van der Waals surface area contributed by atoms with Gasteiger partial charge in [0.05, 0.1) is 0 Å². The number of carbonyl (C=O) groups is 2. The van der Waals surface area contributed by atoms with Crippen LogP contribution in [0.25, 0.3) is 0 Å². The molecular weight excluding hydrogens is 237 g/mol. The molecule has 1 saturated carbocycles. The largest absolute Gasteiger partial charge is 0.479 e. The Morgan fingerprint density at radius 2 is 1.83 bits per heavy atom. The molecule has 2 aliphatic rings. The number of aliphatic carboxylic acids is 1. The highest BCUT2D eigenvalue weighted by molar-refractivity contribution is 5.79. The lowest BCUT2D eigenvalue weighted by Crippen LogP contribution is -2.36. The van der Waals surface area contributed by atoms with Crippen molar-refractivity contribution >= 4 is 11.9 Å². The van der Waals surface area contributed by atoms with Crippen LogP contribution in [0.3, 0.4) is 0 Å². The first-order valence-electron chi connectivity index (χ1n) is 6.75. The Balaban J connectivity index is 1.88. The summed E-state index contributed by atoms with van der Waals surface area (Å²) >= 11 is 0. The molecule has 1 heterocycles. The number of halogens is 1. The molecule has 0 aromatic rings. The zero-order chi connectivity index (χ0) is 13.1. The van der Waals surface area contributed by atoms with Gasteiger partial charge < -0.3 is 10.0 Å². The minimum atomic E-state index is -1.84. The van der Waals surface area contributed by atoms with Crippen LogP contribution in [0.1, 0.15) is 38.5 Å². The molecule has 0 spiro atoms. The monoisotopic (exact) mass is 257 g/mol. The molecule has 0 radical (unpaired) electrons. The van der Waals surface area contributed by atoms with E-state index in [0.717, 1.165) is 25.7 Å². The van der Waals surface area contributed by atoms with E-state index in [0.29, 0.717) is 13.0 Å².